The van der Waals surface area contributed by atoms with E-state index in [1.54, 1.807) is 6.07 Å². The van der Waals surface area contributed by atoms with Crippen LogP contribution >= 0.6 is 11.3 Å². The van der Waals surface area contributed by atoms with Crippen molar-refractivity contribution in [1.82, 2.24) is 10.2 Å². The molecule has 1 unspecified atom stereocenters. The van der Waals surface area contributed by atoms with Crippen LogP contribution in [-0.4, -0.2) is 28.7 Å². The van der Waals surface area contributed by atoms with Crippen molar-refractivity contribution in [2.45, 2.75) is 33.1 Å². The van der Waals surface area contributed by atoms with E-state index in [0.717, 1.165) is 40.8 Å². The second-order valence-corrected chi connectivity index (χ2v) is 8.93. The number of aryl methyl sites for hydroxylation is 1. The summed E-state index contributed by atoms with van der Waals surface area (Å²) in [4.78, 5) is 25.8. The number of hydrogen-bond acceptors (Lipinski definition) is 6. The smallest absolute Gasteiger partial charge is 0.356 e. The number of carbonyl (C=O) groups excluding carboxylic acids is 2. The highest BCUT2D eigenvalue weighted by molar-refractivity contribution is 7.16. The summed E-state index contributed by atoms with van der Waals surface area (Å²) in [6.07, 6.45) is 2.81. The van der Waals surface area contributed by atoms with Gasteiger partial charge in [0.25, 0.3) is 5.91 Å². The van der Waals surface area contributed by atoms with Gasteiger partial charge >= 0.3 is 5.97 Å². The number of ether oxygens (including phenoxy) is 1. The number of aromatic amines is 1. The lowest BCUT2D eigenvalue weighted by Crippen LogP contribution is -2.21. The molecule has 1 aromatic carbocycles. The van der Waals surface area contributed by atoms with Gasteiger partial charge in [-0.25, -0.2) is 4.79 Å². The minimum atomic E-state index is -0.666. The minimum absolute atomic E-state index is 0.168. The largest absolute Gasteiger partial charge is 0.451 e. The van der Waals surface area contributed by atoms with Gasteiger partial charge in [0.2, 0.25) is 0 Å². The Morgan fingerprint density at radius 1 is 1.35 bits per heavy atom. The molecule has 2 heterocycles. The molecule has 1 amide bonds. The third kappa shape index (κ3) is 4.52. The molecular formula is C23H22N4O3S. The highest BCUT2D eigenvalue weighted by atomic mass is 32.1. The molecule has 3 aromatic rings. The Morgan fingerprint density at radius 3 is 2.87 bits per heavy atom. The quantitative estimate of drug-likeness (QED) is 0.584. The van der Waals surface area contributed by atoms with Gasteiger partial charge in [0, 0.05) is 10.4 Å². The molecule has 0 bridgehead atoms. The van der Waals surface area contributed by atoms with Crippen LogP contribution in [0.1, 0.15) is 45.4 Å². The molecule has 2 N–H and O–H groups in total. The predicted octanol–water partition coefficient (Wildman–Crippen LogP) is 4.24. The zero-order chi connectivity index (χ0) is 22.0. The summed E-state index contributed by atoms with van der Waals surface area (Å²) in [5.41, 5.74) is 4.36. The van der Waals surface area contributed by atoms with E-state index in [1.165, 1.54) is 11.3 Å². The standard InChI is InChI=1S/C23H22N4O3S/c1-13-3-6-15(7-4-13)18-10-19(27-26-18)23(29)30-12-21(28)25-22-17(11-24)16-8-5-14(2)9-20(16)31-22/h3-4,6-7,10,14H,5,8-9,12H2,1-2H3,(H,25,28)(H,26,27). The van der Waals surface area contributed by atoms with E-state index >= 15 is 0 Å². The predicted molar refractivity (Wildman–Crippen MR) is 118 cm³/mol. The van der Waals surface area contributed by atoms with Gasteiger partial charge < -0.3 is 10.1 Å². The van der Waals surface area contributed by atoms with E-state index in [0.29, 0.717) is 22.2 Å². The molecule has 1 atom stereocenters. The Balaban J connectivity index is 1.37. The van der Waals surface area contributed by atoms with Crippen molar-refractivity contribution in [2.24, 2.45) is 5.92 Å². The van der Waals surface area contributed by atoms with Gasteiger partial charge in [-0.2, -0.15) is 10.4 Å². The Kier molecular flexibility index (Phi) is 5.87. The lowest BCUT2D eigenvalue weighted by molar-refractivity contribution is -0.119. The third-order valence-electron chi connectivity index (χ3n) is 5.36. The fraction of sp³-hybridized carbons (Fsp3) is 0.304. The van der Waals surface area contributed by atoms with Crippen LogP contribution in [0.5, 0.6) is 0 Å². The number of nitriles is 1. The first-order chi connectivity index (χ1) is 14.9. The fourth-order valence-corrected chi connectivity index (χ4v) is 5.00. The molecule has 0 aliphatic heterocycles. The molecular weight excluding hydrogens is 412 g/mol. The number of carbonyl (C=O) groups is 2. The molecule has 158 valence electrons. The first-order valence-corrected chi connectivity index (χ1v) is 10.9. The molecule has 0 saturated heterocycles. The lowest BCUT2D eigenvalue weighted by atomic mass is 9.89. The van der Waals surface area contributed by atoms with E-state index in [9.17, 15) is 14.9 Å². The molecule has 1 aliphatic carbocycles. The number of benzene rings is 1. The number of fused-ring (bicyclic) bond motifs is 1. The Bertz CT molecular complexity index is 1170. The van der Waals surface area contributed by atoms with Gasteiger partial charge in [0.05, 0.1) is 11.3 Å². The van der Waals surface area contributed by atoms with Crippen LogP contribution in [0, 0.1) is 24.2 Å². The third-order valence-corrected chi connectivity index (χ3v) is 6.53. The number of aromatic nitrogens is 2. The summed E-state index contributed by atoms with van der Waals surface area (Å²) in [6, 6.07) is 11.6. The van der Waals surface area contributed by atoms with Crippen molar-refractivity contribution in [1.29, 1.82) is 5.26 Å². The first kappa shape index (κ1) is 20.8. The molecule has 0 fully saturated rings. The highest BCUT2D eigenvalue weighted by Crippen LogP contribution is 2.39. The van der Waals surface area contributed by atoms with E-state index in [4.69, 9.17) is 4.74 Å². The lowest BCUT2D eigenvalue weighted by Gasteiger charge is -2.17. The van der Waals surface area contributed by atoms with Crippen LogP contribution in [0.4, 0.5) is 5.00 Å². The van der Waals surface area contributed by atoms with Gasteiger partial charge in [-0.15, -0.1) is 11.3 Å². The van der Waals surface area contributed by atoms with Crippen molar-refractivity contribution in [3.8, 4) is 17.3 Å². The fourth-order valence-electron chi connectivity index (χ4n) is 3.63. The highest BCUT2D eigenvalue weighted by Gasteiger charge is 2.25. The SMILES string of the molecule is Cc1ccc(-c2cc(C(=O)OCC(=O)Nc3sc4c(c3C#N)CCC(C)C4)[nH]n2)cc1. The summed E-state index contributed by atoms with van der Waals surface area (Å²) in [5.74, 6) is -0.572. The number of nitrogens with zero attached hydrogens (tertiary/aromatic N) is 2. The molecule has 0 spiro atoms. The molecule has 31 heavy (non-hydrogen) atoms. The number of nitrogens with one attached hydrogen (secondary N) is 2. The van der Waals surface area contributed by atoms with Crippen molar-refractivity contribution in [3.05, 3.63) is 57.6 Å². The summed E-state index contributed by atoms with van der Waals surface area (Å²) in [6.45, 7) is 3.74. The van der Waals surface area contributed by atoms with E-state index in [2.05, 4.69) is 28.5 Å². The van der Waals surface area contributed by atoms with Crippen LogP contribution in [0.15, 0.2) is 30.3 Å². The molecule has 0 saturated carbocycles. The number of hydrogen-bond donors (Lipinski definition) is 2. The maximum atomic E-state index is 12.3. The summed E-state index contributed by atoms with van der Waals surface area (Å²) >= 11 is 1.44. The van der Waals surface area contributed by atoms with Crippen LogP contribution in [0.3, 0.4) is 0 Å². The van der Waals surface area contributed by atoms with Gasteiger partial charge in [0.15, 0.2) is 6.61 Å². The Morgan fingerprint density at radius 2 is 2.13 bits per heavy atom. The van der Waals surface area contributed by atoms with Gasteiger partial charge in [-0.05, 0) is 43.7 Å². The van der Waals surface area contributed by atoms with Crippen LogP contribution in [0.2, 0.25) is 0 Å². The van der Waals surface area contributed by atoms with E-state index < -0.39 is 18.5 Å². The number of rotatable bonds is 5. The van der Waals surface area contributed by atoms with Crippen molar-refractivity contribution >= 4 is 28.2 Å². The average molecular weight is 435 g/mol. The minimum Gasteiger partial charge on any atom is -0.451 e. The summed E-state index contributed by atoms with van der Waals surface area (Å²) in [5, 5.41) is 19.6. The number of esters is 1. The number of amides is 1. The normalized spacial score (nSPS) is 15.1. The van der Waals surface area contributed by atoms with Crippen LogP contribution in [0.25, 0.3) is 11.3 Å². The molecule has 1 aliphatic rings. The van der Waals surface area contributed by atoms with Crippen LogP contribution in [-0.2, 0) is 22.4 Å². The van der Waals surface area contributed by atoms with E-state index in [1.807, 2.05) is 31.2 Å². The van der Waals surface area contributed by atoms with Crippen molar-refractivity contribution in [2.75, 3.05) is 11.9 Å². The monoisotopic (exact) mass is 434 g/mol. The number of anilines is 1. The molecule has 8 heteroatoms. The number of thiophene rings is 1. The molecule has 7 nitrogen and oxygen atoms in total. The van der Waals surface area contributed by atoms with Crippen LogP contribution < -0.4 is 5.32 Å². The maximum absolute atomic E-state index is 12.3. The topological polar surface area (TPSA) is 108 Å². The Hall–Kier alpha value is -3.44. The number of H-pyrrole nitrogens is 1. The van der Waals surface area contributed by atoms with Gasteiger partial charge in [-0.1, -0.05) is 36.8 Å². The zero-order valence-electron chi connectivity index (χ0n) is 17.3. The summed E-state index contributed by atoms with van der Waals surface area (Å²) < 4.78 is 5.12. The second kappa shape index (κ2) is 8.74. The molecule has 0 radical (unpaired) electrons. The zero-order valence-corrected chi connectivity index (χ0v) is 18.1. The average Bonchev–Trinajstić information content (AvgIpc) is 3.37. The summed E-state index contributed by atoms with van der Waals surface area (Å²) in [7, 11) is 0. The van der Waals surface area contributed by atoms with Crippen molar-refractivity contribution in [3.63, 3.8) is 0 Å². The molecule has 2 aromatic heterocycles. The second-order valence-electron chi connectivity index (χ2n) is 7.82. The van der Waals surface area contributed by atoms with Gasteiger partial charge in [0.1, 0.15) is 16.8 Å². The van der Waals surface area contributed by atoms with E-state index in [-0.39, 0.29) is 5.69 Å². The molecule has 4 rings (SSSR count). The van der Waals surface area contributed by atoms with Crippen molar-refractivity contribution < 1.29 is 14.3 Å². The Labute approximate surface area is 184 Å². The van der Waals surface area contributed by atoms with Gasteiger partial charge in [-0.3, -0.25) is 9.89 Å². The maximum Gasteiger partial charge on any atom is 0.356 e. The first-order valence-electron chi connectivity index (χ1n) is 10.1.